The van der Waals surface area contributed by atoms with E-state index in [1.807, 2.05) is 66.7 Å². The number of hydrogen-bond donors (Lipinski definition) is 4. The smallest absolute Gasteiger partial charge is 0.246 e. The Balaban J connectivity index is 1.62. The van der Waals surface area contributed by atoms with Crippen molar-refractivity contribution in [1.82, 2.24) is 20.9 Å². The van der Waals surface area contributed by atoms with Gasteiger partial charge in [0.1, 0.15) is 24.4 Å². The Bertz CT molecular complexity index is 1160. The minimum absolute atomic E-state index is 0.162. The largest absolute Gasteiger partial charge is 0.492 e. The van der Waals surface area contributed by atoms with Gasteiger partial charge in [0.2, 0.25) is 17.7 Å². The van der Waals surface area contributed by atoms with Crippen LogP contribution < -0.4 is 20.7 Å². The lowest BCUT2D eigenvalue weighted by Crippen LogP contribution is -2.60. The standard InChI is InChI=1S/C30H38N4O5/c1-20(35)27-29(37)33-24(19-21-9-4-3-5-10-21)28(36)32-16-8-12-22-11-6-7-13-25(22)39-18-17-31-26(23-14-15-23)30(38)34(27)2/h3-13,20,23-24,26-27,31,35H,14-19H2,1-2H3,(H,32,36)(H,33,37)/b12-8+/t20?,24-,26+,27+/m1/s1. The molecular formula is C30H38N4O5. The van der Waals surface area contributed by atoms with Gasteiger partial charge in [0.15, 0.2) is 0 Å². The van der Waals surface area contributed by atoms with E-state index in [-0.39, 0.29) is 30.7 Å². The second-order valence-electron chi connectivity index (χ2n) is 10.2. The molecule has 9 nitrogen and oxygen atoms in total. The highest BCUT2D eigenvalue weighted by atomic mass is 16.5. The zero-order valence-electron chi connectivity index (χ0n) is 22.5. The highest BCUT2D eigenvalue weighted by Gasteiger charge is 2.41. The minimum atomic E-state index is -1.16. The van der Waals surface area contributed by atoms with Crippen molar-refractivity contribution in [3.63, 3.8) is 0 Å². The van der Waals surface area contributed by atoms with Crippen molar-refractivity contribution in [2.75, 3.05) is 26.7 Å². The number of benzene rings is 2. The molecule has 39 heavy (non-hydrogen) atoms. The van der Waals surface area contributed by atoms with Gasteiger partial charge in [-0.3, -0.25) is 14.4 Å². The molecule has 0 spiro atoms. The fraction of sp³-hybridized carbons (Fsp3) is 0.433. The molecular weight excluding hydrogens is 496 g/mol. The SMILES string of the molecule is CC(O)[C@H]1C(=O)N[C@H](Cc2ccccc2)C(=O)NC/C=C/c2ccccc2OCCN[C@@H](C2CC2)C(=O)N1C. The number of aliphatic hydroxyl groups excluding tert-OH is 1. The van der Waals surface area contributed by atoms with Crippen LogP contribution in [0.15, 0.2) is 60.7 Å². The number of fused-ring (bicyclic) bond motifs is 1. The van der Waals surface area contributed by atoms with Crippen LogP contribution >= 0.6 is 0 Å². The maximum Gasteiger partial charge on any atom is 0.246 e. The molecule has 3 amide bonds. The summed E-state index contributed by atoms with van der Waals surface area (Å²) in [6, 6.07) is 14.5. The molecule has 1 heterocycles. The molecule has 0 aromatic heterocycles. The molecule has 0 bridgehead atoms. The Morgan fingerprint density at radius 2 is 1.74 bits per heavy atom. The summed E-state index contributed by atoms with van der Waals surface area (Å²) >= 11 is 0. The summed E-state index contributed by atoms with van der Waals surface area (Å²) in [6.45, 7) is 2.52. The molecule has 4 atom stereocenters. The Morgan fingerprint density at radius 1 is 1.03 bits per heavy atom. The molecule has 1 saturated carbocycles. The number of nitrogens with zero attached hydrogens (tertiary/aromatic N) is 1. The third kappa shape index (κ3) is 7.68. The second kappa shape index (κ2) is 13.4. The van der Waals surface area contributed by atoms with Crippen molar-refractivity contribution in [2.45, 2.75) is 50.4 Å². The van der Waals surface area contributed by atoms with Crippen LogP contribution in [0.5, 0.6) is 5.75 Å². The van der Waals surface area contributed by atoms with Crippen molar-refractivity contribution < 1.29 is 24.2 Å². The highest BCUT2D eigenvalue weighted by molar-refractivity contribution is 5.93. The quantitative estimate of drug-likeness (QED) is 0.472. The molecule has 1 aliphatic carbocycles. The average molecular weight is 535 g/mol. The number of carbonyl (C=O) groups excluding carboxylic acids is 3. The van der Waals surface area contributed by atoms with Gasteiger partial charge in [-0.1, -0.05) is 60.7 Å². The Labute approximate surface area is 229 Å². The van der Waals surface area contributed by atoms with Gasteiger partial charge < -0.3 is 30.7 Å². The van der Waals surface area contributed by atoms with Gasteiger partial charge in [0, 0.05) is 32.1 Å². The first-order valence-corrected chi connectivity index (χ1v) is 13.5. The normalized spacial score (nSPS) is 25.3. The van der Waals surface area contributed by atoms with E-state index in [4.69, 9.17) is 4.74 Å². The number of hydrogen-bond acceptors (Lipinski definition) is 6. The second-order valence-corrected chi connectivity index (χ2v) is 10.2. The maximum atomic E-state index is 13.6. The third-order valence-corrected chi connectivity index (χ3v) is 7.10. The van der Waals surface area contributed by atoms with E-state index in [1.54, 1.807) is 0 Å². The lowest BCUT2D eigenvalue weighted by atomic mass is 10.0. The van der Waals surface area contributed by atoms with Crippen molar-refractivity contribution in [1.29, 1.82) is 0 Å². The van der Waals surface area contributed by atoms with Crippen LogP contribution in [-0.4, -0.2) is 78.7 Å². The molecule has 4 rings (SSSR count). The summed E-state index contributed by atoms with van der Waals surface area (Å²) in [4.78, 5) is 41.6. The lowest BCUT2D eigenvalue weighted by Gasteiger charge is -2.33. The molecule has 9 heteroatoms. The number of likely N-dealkylation sites (N-methyl/N-ethyl adjacent to an activating group) is 1. The summed E-state index contributed by atoms with van der Waals surface area (Å²) in [5, 5.41) is 19.5. The molecule has 0 radical (unpaired) electrons. The molecule has 2 aromatic rings. The van der Waals surface area contributed by atoms with Gasteiger partial charge in [-0.2, -0.15) is 0 Å². The van der Waals surface area contributed by atoms with E-state index in [1.165, 1.54) is 18.9 Å². The monoisotopic (exact) mass is 534 g/mol. The Hall–Kier alpha value is -3.69. The number of amides is 3. The van der Waals surface area contributed by atoms with Crippen molar-refractivity contribution >= 4 is 23.8 Å². The number of rotatable bonds is 4. The fourth-order valence-electron chi connectivity index (χ4n) is 4.87. The molecule has 1 aliphatic heterocycles. The fourth-order valence-corrected chi connectivity index (χ4v) is 4.87. The van der Waals surface area contributed by atoms with Crippen molar-refractivity contribution in [3.05, 3.63) is 71.8 Å². The van der Waals surface area contributed by atoms with E-state index in [0.717, 1.165) is 24.0 Å². The third-order valence-electron chi connectivity index (χ3n) is 7.10. The first-order chi connectivity index (χ1) is 18.8. The van der Waals surface area contributed by atoms with Gasteiger partial charge in [0.25, 0.3) is 0 Å². The van der Waals surface area contributed by atoms with E-state index in [0.29, 0.717) is 18.9 Å². The van der Waals surface area contributed by atoms with Crippen LogP contribution in [0.2, 0.25) is 0 Å². The van der Waals surface area contributed by atoms with Crippen LogP contribution in [0, 0.1) is 5.92 Å². The molecule has 0 saturated heterocycles. The van der Waals surface area contributed by atoms with Gasteiger partial charge in [0.05, 0.1) is 12.1 Å². The van der Waals surface area contributed by atoms with Crippen LogP contribution in [-0.2, 0) is 20.8 Å². The van der Waals surface area contributed by atoms with Crippen LogP contribution in [0.3, 0.4) is 0 Å². The van der Waals surface area contributed by atoms with Gasteiger partial charge in [-0.25, -0.2) is 0 Å². The predicted molar refractivity (Wildman–Crippen MR) is 149 cm³/mol. The molecule has 1 unspecified atom stereocenters. The van der Waals surface area contributed by atoms with Gasteiger partial charge in [-0.15, -0.1) is 0 Å². The van der Waals surface area contributed by atoms with E-state index in [9.17, 15) is 19.5 Å². The zero-order chi connectivity index (χ0) is 27.8. The number of para-hydroxylation sites is 1. The van der Waals surface area contributed by atoms with Crippen LogP contribution in [0.4, 0.5) is 0 Å². The molecule has 1 fully saturated rings. The average Bonchev–Trinajstić information content (AvgIpc) is 3.76. The maximum absolute atomic E-state index is 13.6. The summed E-state index contributed by atoms with van der Waals surface area (Å²) < 4.78 is 5.99. The molecule has 4 N–H and O–H groups in total. The Morgan fingerprint density at radius 3 is 2.46 bits per heavy atom. The molecule has 2 aliphatic rings. The predicted octanol–water partition coefficient (Wildman–Crippen LogP) is 1.51. The summed E-state index contributed by atoms with van der Waals surface area (Å²) in [6.07, 6.45) is 4.65. The first-order valence-electron chi connectivity index (χ1n) is 13.5. The first kappa shape index (κ1) is 28.3. The van der Waals surface area contributed by atoms with Crippen LogP contribution in [0.1, 0.15) is 30.9 Å². The van der Waals surface area contributed by atoms with Crippen molar-refractivity contribution in [2.24, 2.45) is 5.92 Å². The molecule has 2 aromatic carbocycles. The topological polar surface area (TPSA) is 120 Å². The van der Waals surface area contributed by atoms with E-state index >= 15 is 0 Å². The number of carbonyl (C=O) groups is 3. The lowest BCUT2D eigenvalue weighted by molar-refractivity contribution is -0.145. The summed E-state index contributed by atoms with van der Waals surface area (Å²) in [7, 11) is 1.53. The van der Waals surface area contributed by atoms with E-state index in [2.05, 4.69) is 16.0 Å². The highest BCUT2D eigenvalue weighted by Crippen LogP contribution is 2.33. The number of ether oxygens (including phenoxy) is 1. The summed E-state index contributed by atoms with van der Waals surface area (Å²) in [5.41, 5.74) is 1.74. The van der Waals surface area contributed by atoms with Crippen LogP contribution in [0.25, 0.3) is 6.08 Å². The van der Waals surface area contributed by atoms with Crippen molar-refractivity contribution in [3.8, 4) is 5.75 Å². The number of nitrogens with one attached hydrogen (secondary N) is 3. The molecule has 208 valence electrons. The zero-order valence-corrected chi connectivity index (χ0v) is 22.5. The van der Waals surface area contributed by atoms with E-state index < -0.39 is 30.1 Å². The summed E-state index contributed by atoms with van der Waals surface area (Å²) in [5.74, 6) is -0.348. The number of aliphatic hydroxyl groups is 1. The Kier molecular flexibility index (Phi) is 9.73. The minimum Gasteiger partial charge on any atom is -0.492 e. The van der Waals surface area contributed by atoms with Gasteiger partial charge in [-0.05, 0) is 37.3 Å². The van der Waals surface area contributed by atoms with Gasteiger partial charge >= 0.3 is 0 Å².